The average Bonchev–Trinajstić information content (AvgIpc) is 2.18. The van der Waals surface area contributed by atoms with Crippen LogP contribution in [0.4, 0.5) is 8.78 Å². The molecule has 0 aliphatic heterocycles. The van der Waals surface area contributed by atoms with Crippen molar-refractivity contribution in [2.75, 3.05) is 0 Å². The van der Waals surface area contributed by atoms with Crippen molar-refractivity contribution in [3.8, 4) is 0 Å². The monoisotopic (exact) mass is 210 g/mol. The van der Waals surface area contributed by atoms with Crippen molar-refractivity contribution in [3.05, 3.63) is 35.6 Å². The van der Waals surface area contributed by atoms with E-state index in [1.165, 1.54) is 12.1 Å². The molecule has 0 nitrogen and oxygen atoms in total. The van der Waals surface area contributed by atoms with E-state index in [0.717, 1.165) is 24.8 Å². The van der Waals surface area contributed by atoms with Crippen LogP contribution in [0.5, 0.6) is 0 Å². The summed E-state index contributed by atoms with van der Waals surface area (Å²) < 4.78 is 27.2. The van der Waals surface area contributed by atoms with E-state index in [-0.39, 0.29) is 5.82 Å². The maximum atomic E-state index is 14.3. The zero-order chi connectivity index (χ0) is 10.7. The van der Waals surface area contributed by atoms with Gasteiger partial charge in [0.1, 0.15) is 11.5 Å². The quantitative estimate of drug-likeness (QED) is 0.691. The molecule has 1 aromatic carbocycles. The molecule has 1 aromatic rings. The Hall–Kier alpha value is -0.920. The van der Waals surface area contributed by atoms with E-state index in [9.17, 15) is 8.78 Å². The summed E-state index contributed by atoms with van der Waals surface area (Å²) in [6.45, 7) is 0. The molecule has 0 radical (unpaired) electrons. The molecule has 1 aliphatic rings. The molecule has 1 aliphatic carbocycles. The zero-order valence-electron chi connectivity index (χ0n) is 8.81. The van der Waals surface area contributed by atoms with E-state index in [1.54, 1.807) is 12.1 Å². The number of benzene rings is 1. The van der Waals surface area contributed by atoms with Gasteiger partial charge in [0.25, 0.3) is 0 Å². The Morgan fingerprint density at radius 3 is 2.53 bits per heavy atom. The van der Waals surface area contributed by atoms with E-state index in [0.29, 0.717) is 19.3 Å². The minimum Gasteiger partial charge on any atom is -0.244 e. The summed E-state index contributed by atoms with van der Waals surface area (Å²) in [4.78, 5) is 0. The second-order valence-electron chi connectivity index (χ2n) is 4.52. The lowest BCUT2D eigenvalue weighted by Gasteiger charge is -2.29. The highest BCUT2D eigenvalue weighted by Gasteiger charge is 2.31. The third kappa shape index (κ3) is 2.77. The van der Waals surface area contributed by atoms with Crippen LogP contribution in [0, 0.1) is 5.82 Å². The molecular weight excluding hydrogens is 194 g/mol. The van der Waals surface area contributed by atoms with Gasteiger partial charge in [-0.2, -0.15) is 0 Å². The second-order valence-corrected chi connectivity index (χ2v) is 4.52. The van der Waals surface area contributed by atoms with Crippen LogP contribution in [-0.2, 0) is 6.42 Å². The molecule has 0 atom stereocenters. The van der Waals surface area contributed by atoms with Crippen LogP contribution in [0.25, 0.3) is 0 Å². The summed E-state index contributed by atoms with van der Waals surface area (Å²) in [5.41, 5.74) is -0.314. The summed E-state index contributed by atoms with van der Waals surface area (Å²) in [5.74, 6) is -0.271. The van der Waals surface area contributed by atoms with Crippen molar-refractivity contribution in [1.29, 1.82) is 0 Å². The van der Waals surface area contributed by atoms with Crippen LogP contribution in [0.3, 0.4) is 0 Å². The lowest BCUT2D eigenvalue weighted by atomic mass is 9.82. The Kier molecular flexibility index (Phi) is 3.03. The number of halogens is 2. The highest BCUT2D eigenvalue weighted by molar-refractivity contribution is 5.18. The number of rotatable bonds is 2. The normalized spacial score (nSPS) is 20.1. The molecule has 0 bridgehead atoms. The standard InChI is InChI=1S/C13H16F2/c14-12-6-4-5-11(9-12)10-13(15)7-2-1-3-8-13/h4-6,9H,1-3,7-8,10H2. The van der Waals surface area contributed by atoms with Crippen LogP contribution in [-0.4, -0.2) is 5.67 Å². The van der Waals surface area contributed by atoms with Crippen LogP contribution in [0.15, 0.2) is 24.3 Å². The van der Waals surface area contributed by atoms with E-state index in [1.807, 2.05) is 0 Å². The largest absolute Gasteiger partial charge is 0.244 e. The molecule has 15 heavy (non-hydrogen) atoms. The van der Waals surface area contributed by atoms with Crippen molar-refractivity contribution in [2.45, 2.75) is 44.2 Å². The first-order chi connectivity index (χ1) is 7.18. The Morgan fingerprint density at radius 2 is 1.87 bits per heavy atom. The zero-order valence-corrected chi connectivity index (χ0v) is 8.81. The summed E-state index contributed by atoms with van der Waals surface area (Å²) in [5, 5.41) is 0. The lowest BCUT2D eigenvalue weighted by Crippen LogP contribution is -2.28. The van der Waals surface area contributed by atoms with Gasteiger partial charge in [0, 0.05) is 6.42 Å². The highest BCUT2D eigenvalue weighted by Crippen LogP contribution is 2.34. The Labute approximate surface area is 89.3 Å². The Bertz CT molecular complexity index is 327. The topological polar surface area (TPSA) is 0 Å². The number of hydrogen-bond donors (Lipinski definition) is 0. The summed E-state index contributed by atoms with van der Waals surface area (Å²) in [6.07, 6.45) is 4.68. The van der Waals surface area contributed by atoms with Crippen LogP contribution in [0.2, 0.25) is 0 Å². The fraction of sp³-hybridized carbons (Fsp3) is 0.538. The van der Waals surface area contributed by atoms with Gasteiger partial charge in [-0.05, 0) is 30.5 Å². The maximum Gasteiger partial charge on any atom is 0.123 e. The predicted molar refractivity (Wildman–Crippen MR) is 57.0 cm³/mol. The van der Waals surface area contributed by atoms with Gasteiger partial charge in [0.2, 0.25) is 0 Å². The molecule has 1 saturated carbocycles. The van der Waals surface area contributed by atoms with E-state index in [4.69, 9.17) is 0 Å². The first-order valence-corrected chi connectivity index (χ1v) is 5.61. The third-order valence-electron chi connectivity index (χ3n) is 3.16. The third-order valence-corrected chi connectivity index (χ3v) is 3.16. The molecule has 0 saturated heterocycles. The molecule has 1 fully saturated rings. The molecule has 0 spiro atoms. The Morgan fingerprint density at radius 1 is 1.13 bits per heavy atom. The SMILES string of the molecule is Fc1cccc(CC2(F)CCCCC2)c1. The Balaban J connectivity index is 2.06. The smallest absolute Gasteiger partial charge is 0.123 e. The van der Waals surface area contributed by atoms with Crippen molar-refractivity contribution in [1.82, 2.24) is 0 Å². The predicted octanol–water partition coefficient (Wildman–Crippen LogP) is 4.04. The first kappa shape index (κ1) is 10.6. The van der Waals surface area contributed by atoms with Crippen LogP contribution >= 0.6 is 0 Å². The van der Waals surface area contributed by atoms with E-state index >= 15 is 0 Å². The van der Waals surface area contributed by atoms with E-state index in [2.05, 4.69) is 0 Å². The molecule has 0 amide bonds. The minimum absolute atomic E-state index is 0.271. The molecule has 0 N–H and O–H groups in total. The van der Waals surface area contributed by atoms with Crippen molar-refractivity contribution in [3.63, 3.8) is 0 Å². The molecule has 2 heteroatoms. The molecule has 0 unspecified atom stereocenters. The van der Waals surface area contributed by atoms with Gasteiger partial charge in [0.05, 0.1) is 0 Å². The van der Waals surface area contributed by atoms with Gasteiger partial charge < -0.3 is 0 Å². The summed E-state index contributed by atoms with van der Waals surface area (Å²) in [7, 11) is 0. The van der Waals surface area contributed by atoms with Crippen molar-refractivity contribution in [2.24, 2.45) is 0 Å². The lowest BCUT2D eigenvalue weighted by molar-refractivity contribution is 0.107. The van der Waals surface area contributed by atoms with Gasteiger partial charge in [-0.25, -0.2) is 8.78 Å². The van der Waals surface area contributed by atoms with E-state index < -0.39 is 5.67 Å². The maximum absolute atomic E-state index is 14.3. The highest BCUT2D eigenvalue weighted by atomic mass is 19.1. The number of alkyl halides is 1. The molecular formula is C13H16F2. The van der Waals surface area contributed by atoms with Crippen molar-refractivity contribution >= 4 is 0 Å². The molecule has 82 valence electrons. The fourth-order valence-corrected chi connectivity index (χ4v) is 2.37. The molecule has 2 rings (SSSR count). The second kappa shape index (κ2) is 4.30. The van der Waals surface area contributed by atoms with Crippen molar-refractivity contribution < 1.29 is 8.78 Å². The average molecular weight is 210 g/mol. The summed E-state index contributed by atoms with van der Waals surface area (Å²) in [6, 6.07) is 6.29. The number of hydrogen-bond acceptors (Lipinski definition) is 0. The molecule has 0 aromatic heterocycles. The minimum atomic E-state index is -1.09. The first-order valence-electron chi connectivity index (χ1n) is 5.61. The van der Waals surface area contributed by atoms with Crippen LogP contribution in [0.1, 0.15) is 37.7 Å². The van der Waals surface area contributed by atoms with Gasteiger partial charge in [0.15, 0.2) is 0 Å². The molecule has 0 heterocycles. The summed E-state index contributed by atoms with van der Waals surface area (Å²) >= 11 is 0. The van der Waals surface area contributed by atoms with Gasteiger partial charge in [-0.3, -0.25) is 0 Å². The fourth-order valence-electron chi connectivity index (χ4n) is 2.37. The van der Waals surface area contributed by atoms with Gasteiger partial charge in [-0.1, -0.05) is 31.4 Å². The van der Waals surface area contributed by atoms with Gasteiger partial charge in [-0.15, -0.1) is 0 Å². The van der Waals surface area contributed by atoms with Crippen LogP contribution < -0.4 is 0 Å². The van der Waals surface area contributed by atoms with Gasteiger partial charge >= 0.3 is 0 Å².